The van der Waals surface area contributed by atoms with Crippen molar-refractivity contribution in [2.45, 2.75) is 26.8 Å². The van der Waals surface area contributed by atoms with Crippen LogP contribution in [0.1, 0.15) is 25.8 Å². The first-order valence-electron chi connectivity index (χ1n) is 5.62. The molecule has 84 valence electrons. The first-order valence-corrected chi connectivity index (χ1v) is 5.62. The van der Waals surface area contributed by atoms with Gasteiger partial charge in [-0.2, -0.15) is 5.10 Å². The Bertz CT molecular complexity index is 411. The number of nitrogens with zero attached hydrogens (tertiary/aromatic N) is 2. The molecule has 16 heavy (non-hydrogen) atoms. The summed E-state index contributed by atoms with van der Waals surface area (Å²) in [5.41, 5.74) is 2.05. The normalized spacial score (nSPS) is 20.1. The molecule has 1 atom stereocenters. The predicted molar refractivity (Wildman–Crippen MR) is 63.9 cm³/mol. The minimum absolute atomic E-state index is 0.0105. The highest BCUT2D eigenvalue weighted by Gasteiger charge is 2.31. The van der Waals surface area contributed by atoms with E-state index in [0.29, 0.717) is 6.54 Å². The van der Waals surface area contributed by atoms with Gasteiger partial charge in [-0.15, -0.1) is 0 Å². The summed E-state index contributed by atoms with van der Waals surface area (Å²) >= 11 is 0. The largest absolute Gasteiger partial charge is 0.272 e. The molecule has 1 aromatic carbocycles. The lowest BCUT2D eigenvalue weighted by atomic mass is 10.0. The highest BCUT2D eigenvalue weighted by molar-refractivity contribution is 6.06. The molecule has 3 heteroatoms. The lowest BCUT2D eigenvalue weighted by Gasteiger charge is -2.13. The Morgan fingerprint density at radius 1 is 1.31 bits per heavy atom. The quantitative estimate of drug-likeness (QED) is 0.763. The molecule has 1 aliphatic heterocycles. The summed E-state index contributed by atoms with van der Waals surface area (Å²) in [5, 5.41) is 5.90. The number of hydrogen-bond donors (Lipinski definition) is 0. The first-order chi connectivity index (χ1) is 7.72. The minimum atomic E-state index is -0.0105. The van der Waals surface area contributed by atoms with Crippen LogP contribution in [0, 0.1) is 5.92 Å². The summed E-state index contributed by atoms with van der Waals surface area (Å²) in [6.07, 6.45) is 0.833. The molecule has 0 bridgehead atoms. The monoisotopic (exact) mass is 216 g/mol. The van der Waals surface area contributed by atoms with Crippen LogP contribution >= 0.6 is 0 Å². The van der Waals surface area contributed by atoms with Gasteiger partial charge in [0.2, 0.25) is 0 Å². The Morgan fingerprint density at radius 2 is 2.00 bits per heavy atom. The van der Waals surface area contributed by atoms with Crippen molar-refractivity contribution in [2.24, 2.45) is 11.0 Å². The van der Waals surface area contributed by atoms with Crippen molar-refractivity contribution >= 4 is 11.6 Å². The third-order valence-corrected chi connectivity index (χ3v) is 2.92. The highest BCUT2D eigenvalue weighted by atomic mass is 16.2. The second kappa shape index (κ2) is 4.47. The predicted octanol–water partition coefficient (Wildman–Crippen LogP) is 2.43. The molecule has 1 aliphatic rings. The number of amides is 1. The van der Waals surface area contributed by atoms with Crippen LogP contribution in [0.15, 0.2) is 35.4 Å². The van der Waals surface area contributed by atoms with E-state index in [1.807, 2.05) is 44.2 Å². The van der Waals surface area contributed by atoms with E-state index in [-0.39, 0.29) is 11.8 Å². The van der Waals surface area contributed by atoms with E-state index in [1.54, 1.807) is 5.01 Å². The van der Waals surface area contributed by atoms with Crippen LogP contribution in [-0.4, -0.2) is 16.6 Å². The fraction of sp³-hybridized carbons (Fsp3) is 0.385. The number of carbonyl (C=O) groups is 1. The van der Waals surface area contributed by atoms with E-state index in [2.05, 4.69) is 5.10 Å². The van der Waals surface area contributed by atoms with Crippen LogP contribution in [-0.2, 0) is 11.3 Å². The molecule has 0 aromatic heterocycles. The van der Waals surface area contributed by atoms with Gasteiger partial charge in [0.15, 0.2) is 0 Å². The van der Waals surface area contributed by atoms with Gasteiger partial charge in [0.25, 0.3) is 5.91 Å². The molecule has 2 rings (SSSR count). The van der Waals surface area contributed by atoms with E-state index in [4.69, 9.17) is 0 Å². The zero-order valence-corrected chi connectivity index (χ0v) is 9.68. The van der Waals surface area contributed by atoms with Crippen molar-refractivity contribution in [1.82, 2.24) is 5.01 Å². The van der Waals surface area contributed by atoms with Gasteiger partial charge >= 0.3 is 0 Å². The lowest BCUT2D eigenvalue weighted by Crippen LogP contribution is -2.26. The number of rotatable bonds is 3. The standard InChI is InChI=1S/C13H16N2O/c1-3-12-10(2)14-15(13(12)16)9-11-7-5-4-6-8-11/h4-8,12H,3,9H2,1-2H3. The van der Waals surface area contributed by atoms with Gasteiger partial charge in [0.05, 0.1) is 12.5 Å². The molecular weight excluding hydrogens is 200 g/mol. The van der Waals surface area contributed by atoms with Gasteiger partial charge in [-0.25, -0.2) is 5.01 Å². The Balaban J connectivity index is 2.11. The second-order valence-electron chi connectivity index (χ2n) is 4.08. The Morgan fingerprint density at radius 3 is 2.56 bits per heavy atom. The maximum Gasteiger partial charge on any atom is 0.251 e. The molecular formula is C13H16N2O. The van der Waals surface area contributed by atoms with Gasteiger partial charge in [-0.1, -0.05) is 37.3 Å². The smallest absolute Gasteiger partial charge is 0.251 e. The van der Waals surface area contributed by atoms with Crippen molar-refractivity contribution < 1.29 is 4.79 Å². The fourth-order valence-corrected chi connectivity index (χ4v) is 2.01. The number of carbonyl (C=O) groups excluding carboxylic acids is 1. The van der Waals surface area contributed by atoms with E-state index >= 15 is 0 Å². The molecule has 0 radical (unpaired) electrons. The van der Waals surface area contributed by atoms with Gasteiger partial charge in [0, 0.05) is 5.71 Å². The van der Waals surface area contributed by atoms with Crippen molar-refractivity contribution in [1.29, 1.82) is 0 Å². The summed E-state index contributed by atoms with van der Waals surface area (Å²) in [5.74, 6) is 0.118. The van der Waals surface area contributed by atoms with Crippen LogP contribution in [0.5, 0.6) is 0 Å². The minimum Gasteiger partial charge on any atom is -0.272 e. The summed E-state index contributed by atoms with van der Waals surface area (Å²) in [6.45, 7) is 4.53. The van der Waals surface area contributed by atoms with Crippen LogP contribution in [0.3, 0.4) is 0 Å². The van der Waals surface area contributed by atoms with Gasteiger partial charge in [-0.3, -0.25) is 4.79 Å². The highest BCUT2D eigenvalue weighted by Crippen LogP contribution is 2.20. The molecule has 0 saturated carbocycles. The fourth-order valence-electron chi connectivity index (χ4n) is 2.01. The first kappa shape index (κ1) is 10.9. The van der Waals surface area contributed by atoms with Gasteiger partial charge in [0.1, 0.15) is 0 Å². The molecule has 0 spiro atoms. The third kappa shape index (κ3) is 1.98. The summed E-state index contributed by atoms with van der Waals surface area (Å²) in [7, 11) is 0. The van der Waals surface area contributed by atoms with Crippen LogP contribution in [0.4, 0.5) is 0 Å². The maximum atomic E-state index is 12.0. The number of hydrogen-bond acceptors (Lipinski definition) is 2. The SMILES string of the molecule is CCC1C(=O)N(Cc2ccccc2)N=C1C. The van der Waals surface area contributed by atoms with Gasteiger partial charge in [-0.05, 0) is 18.9 Å². The average Bonchev–Trinajstić information content (AvgIpc) is 2.55. The molecule has 0 N–H and O–H groups in total. The summed E-state index contributed by atoms with van der Waals surface area (Å²) in [4.78, 5) is 12.0. The molecule has 0 saturated heterocycles. The number of hydrazone groups is 1. The topological polar surface area (TPSA) is 32.7 Å². The van der Waals surface area contributed by atoms with Crippen LogP contribution in [0.25, 0.3) is 0 Å². The van der Waals surface area contributed by atoms with Gasteiger partial charge < -0.3 is 0 Å². The zero-order valence-electron chi connectivity index (χ0n) is 9.68. The summed E-state index contributed by atoms with van der Waals surface area (Å²) < 4.78 is 0. The Kier molecular flexibility index (Phi) is 3.04. The lowest BCUT2D eigenvalue weighted by molar-refractivity contribution is -0.132. The third-order valence-electron chi connectivity index (χ3n) is 2.92. The molecule has 3 nitrogen and oxygen atoms in total. The molecule has 1 amide bonds. The molecule has 0 fully saturated rings. The van der Waals surface area contributed by atoms with Crippen molar-refractivity contribution in [3.63, 3.8) is 0 Å². The van der Waals surface area contributed by atoms with Crippen LogP contribution in [0.2, 0.25) is 0 Å². The average molecular weight is 216 g/mol. The van der Waals surface area contributed by atoms with E-state index in [1.165, 1.54) is 0 Å². The Hall–Kier alpha value is -1.64. The van der Waals surface area contributed by atoms with Crippen LogP contribution < -0.4 is 0 Å². The van der Waals surface area contributed by atoms with Crippen molar-refractivity contribution in [3.8, 4) is 0 Å². The molecule has 1 unspecified atom stereocenters. The van der Waals surface area contributed by atoms with Crippen molar-refractivity contribution in [2.75, 3.05) is 0 Å². The molecule has 1 heterocycles. The molecule has 1 aromatic rings. The molecule has 0 aliphatic carbocycles. The number of benzene rings is 1. The van der Waals surface area contributed by atoms with E-state index in [9.17, 15) is 4.79 Å². The Labute approximate surface area is 95.8 Å². The van der Waals surface area contributed by atoms with Crippen molar-refractivity contribution in [3.05, 3.63) is 35.9 Å². The second-order valence-corrected chi connectivity index (χ2v) is 4.08. The van der Waals surface area contributed by atoms with E-state index in [0.717, 1.165) is 17.7 Å². The maximum absolute atomic E-state index is 12.0. The summed E-state index contributed by atoms with van der Waals surface area (Å²) in [6, 6.07) is 9.95. The van der Waals surface area contributed by atoms with E-state index < -0.39 is 0 Å². The zero-order chi connectivity index (χ0) is 11.5.